The Morgan fingerprint density at radius 1 is 1.47 bits per heavy atom. The summed E-state index contributed by atoms with van der Waals surface area (Å²) in [6.07, 6.45) is 0. The van der Waals surface area contributed by atoms with Crippen LogP contribution in [0.25, 0.3) is 0 Å². The van der Waals surface area contributed by atoms with E-state index in [-0.39, 0.29) is 24.6 Å². The predicted molar refractivity (Wildman–Crippen MR) is 80.4 cm³/mol. The third-order valence-corrected chi connectivity index (χ3v) is 6.22. The molecule has 1 aromatic rings. The van der Waals surface area contributed by atoms with Crippen LogP contribution in [-0.4, -0.2) is 24.3 Å². The first kappa shape index (κ1) is 15.6. The molecular formula is C11H18Br2N2OS. The van der Waals surface area contributed by atoms with Crippen molar-refractivity contribution in [3.05, 3.63) is 19.2 Å². The standard InChI is InChI=1S/C11H18Br2N2OS/c1-6(5-16)7(2)15-9(4-14)10-3-8(12)11(13)17-10/h3,6-7,9,15-16H,4-5,14H2,1-2H3. The fourth-order valence-corrected chi connectivity index (χ4v) is 3.60. The second-order valence-corrected chi connectivity index (χ2v) is 7.43. The molecule has 1 aromatic heterocycles. The molecular weight excluding hydrogens is 368 g/mol. The Balaban J connectivity index is 2.72. The van der Waals surface area contributed by atoms with Crippen molar-refractivity contribution in [3.8, 4) is 0 Å². The van der Waals surface area contributed by atoms with Crippen LogP contribution in [0.5, 0.6) is 0 Å². The third-order valence-electron chi connectivity index (χ3n) is 2.85. The molecule has 4 N–H and O–H groups in total. The maximum atomic E-state index is 9.13. The second-order valence-electron chi connectivity index (χ2n) is 4.17. The molecule has 0 radical (unpaired) electrons. The molecule has 0 aliphatic carbocycles. The number of halogens is 2. The summed E-state index contributed by atoms with van der Waals surface area (Å²) in [5.74, 6) is 0.218. The first-order valence-corrected chi connectivity index (χ1v) is 7.91. The molecule has 0 fully saturated rings. The fourth-order valence-electron chi connectivity index (χ4n) is 1.44. The lowest BCUT2D eigenvalue weighted by molar-refractivity contribution is 0.201. The van der Waals surface area contributed by atoms with Crippen LogP contribution >= 0.6 is 43.2 Å². The summed E-state index contributed by atoms with van der Waals surface area (Å²) in [4.78, 5) is 1.20. The highest BCUT2D eigenvalue weighted by Gasteiger charge is 2.19. The van der Waals surface area contributed by atoms with Gasteiger partial charge in [0.25, 0.3) is 0 Å². The van der Waals surface area contributed by atoms with Crippen LogP contribution in [0.15, 0.2) is 14.3 Å². The zero-order chi connectivity index (χ0) is 13.0. The SMILES string of the molecule is CC(CO)C(C)NC(CN)c1cc(Br)c(Br)s1. The number of rotatable bonds is 6. The van der Waals surface area contributed by atoms with Gasteiger partial charge in [-0.2, -0.15) is 0 Å². The van der Waals surface area contributed by atoms with Gasteiger partial charge in [-0.3, -0.25) is 0 Å². The quantitative estimate of drug-likeness (QED) is 0.705. The average Bonchev–Trinajstić information content (AvgIpc) is 2.64. The van der Waals surface area contributed by atoms with E-state index >= 15 is 0 Å². The Kier molecular flexibility index (Phi) is 6.61. The van der Waals surface area contributed by atoms with Gasteiger partial charge in [0.1, 0.15) is 0 Å². The van der Waals surface area contributed by atoms with Crippen LogP contribution in [0.2, 0.25) is 0 Å². The number of hydrogen-bond donors (Lipinski definition) is 3. The van der Waals surface area contributed by atoms with Gasteiger partial charge in [0.2, 0.25) is 0 Å². The first-order valence-electron chi connectivity index (χ1n) is 5.51. The van der Waals surface area contributed by atoms with Gasteiger partial charge in [-0.15, -0.1) is 11.3 Å². The van der Waals surface area contributed by atoms with Crippen LogP contribution in [-0.2, 0) is 0 Å². The first-order chi connectivity index (χ1) is 7.99. The minimum absolute atomic E-state index is 0.131. The minimum Gasteiger partial charge on any atom is -0.396 e. The van der Waals surface area contributed by atoms with Crippen molar-refractivity contribution in [2.45, 2.75) is 25.9 Å². The molecule has 0 spiro atoms. The van der Waals surface area contributed by atoms with Gasteiger partial charge in [-0.25, -0.2) is 0 Å². The highest BCUT2D eigenvalue weighted by Crippen LogP contribution is 2.35. The van der Waals surface area contributed by atoms with E-state index in [9.17, 15) is 0 Å². The number of nitrogens with one attached hydrogen (secondary N) is 1. The van der Waals surface area contributed by atoms with Crippen LogP contribution in [0.3, 0.4) is 0 Å². The van der Waals surface area contributed by atoms with Crippen molar-refractivity contribution in [2.75, 3.05) is 13.2 Å². The summed E-state index contributed by atoms with van der Waals surface area (Å²) in [5, 5.41) is 12.6. The topological polar surface area (TPSA) is 58.3 Å². The summed E-state index contributed by atoms with van der Waals surface area (Å²) in [6.45, 7) is 4.82. The molecule has 0 bridgehead atoms. The highest BCUT2D eigenvalue weighted by molar-refractivity contribution is 9.13. The maximum Gasteiger partial charge on any atom is 0.0843 e. The van der Waals surface area contributed by atoms with Crippen molar-refractivity contribution in [3.63, 3.8) is 0 Å². The summed E-state index contributed by atoms with van der Waals surface area (Å²) in [6, 6.07) is 2.44. The van der Waals surface area contributed by atoms with E-state index in [4.69, 9.17) is 10.8 Å². The molecule has 0 aromatic carbocycles. The van der Waals surface area contributed by atoms with E-state index in [2.05, 4.69) is 50.2 Å². The summed E-state index contributed by atoms with van der Waals surface area (Å²) in [5.41, 5.74) is 5.81. The second kappa shape index (κ2) is 7.21. The molecule has 3 nitrogen and oxygen atoms in total. The highest BCUT2D eigenvalue weighted by atomic mass is 79.9. The molecule has 1 rings (SSSR count). The van der Waals surface area contributed by atoms with Crippen molar-refractivity contribution in [2.24, 2.45) is 11.7 Å². The Hall–Kier alpha value is 0.540. The molecule has 3 atom stereocenters. The molecule has 6 heteroatoms. The van der Waals surface area contributed by atoms with E-state index < -0.39 is 0 Å². The molecule has 0 aliphatic rings. The lowest BCUT2D eigenvalue weighted by atomic mass is 10.0. The van der Waals surface area contributed by atoms with Gasteiger partial charge in [0.15, 0.2) is 0 Å². The van der Waals surface area contributed by atoms with Gasteiger partial charge in [0, 0.05) is 28.5 Å². The largest absolute Gasteiger partial charge is 0.396 e. The number of thiophene rings is 1. The molecule has 3 unspecified atom stereocenters. The Labute approximate surface area is 123 Å². The van der Waals surface area contributed by atoms with E-state index in [0.29, 0.717) is 6.54 Å². The van der Waals surface area contributed by atoms with Crippen LogP contribution in [0.1, 0.15) is 24.8 Å². The van der Waals surface area contributed by atoms with Crippen LogP contribution in [0, 0.1) is 5.92 Å². The maximum absolute atomic E-state index is 9.13. The summed E-state index contributed by atoms with van der Waals surface area (Å²) >= 11 is 8.64. The van der Waals surface area contributed by atoms with Crippen molar-refractivity contribution in [1.29, 1.82) is 0 Å². The molecule has 0 saturated heterocycles. The molecule has 0 aliphatic heterocycles. The normalized spacial score (nSPS) is 16.8. The molecule has 0 saturated carbocycles. The van der Waals surface area contributed by atoms with Crippen molar-refractivity contribution in [1.82, 2.24) is 5.32 Å². The molecule has 98 valence electrons. The zero-order valence-corrected chi connectivity index (χ0v) is 13.9. The number of aliphatic hydroxyl groups is 1. The average molecular weight is 386 g/mol. The fraction of sp³-hybridized carbons (Fsp3) is 0.636. The summed E-state index contributed by atoms with van der Waals surface area (Å²) in [7, 11) is 0. The van der Waals surface area contributed by atoms with Gasteiger partial charge < -0.3 is 16.2 Å². The number of aliphatic hydroxyl groups excluding tert-OH is 1. The smallest absolute Gasteiger partial charge is 0.0843 e. The molecule has 1 heterocycles. The van der Waals surface area contributed by atoms with E-state index in [0.717, 1.165) is 8.26 Å². The molecule has 0 amide bonds. The summed E-state index contributed by atoms with van der Waals surface area (Å²) < 4.78 is 2.14. The van der Waals surface area contributed by atoms with Crippen molar-refractivity contribution >= 4 is 43.2 Å². The van der Waals surface area contributed by atoms with Gasteiger partial charge in [0.05, 0.1) is 9.83 Å². The Bertz CT molecular complexity index is 340. The van der Waals surface area contributed by atoms with Gasteiger partial charge in [-0.05, 0) is 50.8 Å². The molecule has 17 heavy (non-hydrogen) atoms. The van der Waals surface area contributed by atoms with Crippen LogP contribution in [0.4, 0.5) is 0 Å². The minimum atomic E-state index is 0.131. The van der Waals surface area contributed by atoms with Gasteiger partial charge in [-0.1, -0.05) is 6.92 Å². The Morgan fingerprint density at radius 2 is 2.12 bits per heavy atom. The van der Waals surface area contributed by atoms with E-state index in [1.807, 2.05) is 6.92 Å². The zero-order valence-electron chi connectivity index (χ0n) is 9.91. The van der Waals surface area contributed by atoms with E-state index in [1.165, 1.54) is 4.88 Å². The monoisotopic (exact) mass is 384 g/mol. The van der Waals surface area contributed by atoms with E-state index in [1.54, 1.807) is 11.3 Å². The number of hydrogen-bond acceptors (Lipinski definition) is 4. The lowest BCUT2D eigenvalue weighted by Gasteiger charge is -2.25. The van der Waals surface area contributed by atoms with Gasteiger partial charge >= 0.3 is 0 Å². The third kappa shape index (κ3) is 4.29. The number of nitrogens with two attached hydrogens (primary N) is 1. The predicted octanol–water partition coefficient (Wildman–Crippen LogP) is 2.88. The van der Waals surface area contributed by atoms with Crippen molar-refractivity contribution < 1.29 is 5.11 Å². The van der Waals surface area contributed by atoms with Crippen LogP contribution < -0.4 is 11.1 Å². The Morgan fingerprint density at radius 3 is 2.53 bits per heavy atom. The lowest BCUT2D eigenvalue weighted by Crippen LogP contribution is -2.39.